The van der Waals surface area contributed by atoms with Crippen LogP contribution in [0.4, 0.5) is 0 Å². The maximum absolute atomic E-state index is 8.11. The lowest BCUT2D eigenvalue weighted by atomic mass is 10.4. The van der Waals surface area contributed by atoms with Gasteiger partial charge < -0.3 is 5.32 Å². The van der Waals surface area contributed by atoms with E-state index in [9.17, 15) is 0 Å². The fraction of sp³-hybridized carbons (Fsp3) is 0.571. The Morgan fingerprint density at radius 2 is 2.33 bits per heavy atom. The number of hydrogen-bond donors (Lipinski definition) is 1. The van der Waals surface area contributed by atoms with Crippen molar-refractivity contribution in [1.82, 2.24) is 5.32 Å². The first-order valence-electron chi connectivity index (χ1n) is 3.10. The third-order valence-electron chi connectivity index (χ3n) is 0.939. The molecule has 0 atom stereocenters. The molecule has 0 aromatic heterocycles. The number of nitrogens with zero attached hydrogens (tertiary/aromatic N) is 1. The zero-order valence-corrected chi connectivity index (χ0v) is 5.56. The Hall–Kier alpha value is -0.810. The third kappa shape index (κ3) is 7.19. The summed E-state index contributed by atoms with van der Waals surface area (Å²) in [5.74, 6) is 0. The van der Waals surface area contributed by atoms with Gasteiger partial charge in [-0.1, -0.05) is 6.08 Å². The summed E-state index contributed by atoms with van der Waals surface area (Å²) < 4.78 is 0. The summed E-state index contributed by atoms with van der Waals surface area (Å²) in [4.78, 5) is 0. The summed E-state index contributed by atoms with van der Waals surface area (Å²) >= 11 is 0. The Morgan fingerprint density at radius 3 is 2.89 bits per heavy atom. The Bertz CT molecular complexity index is 102. The van der Waals surface area contributed by atoms with Gasteiger partial charge in [0, 0.05) is 13.0 Å². The van der Waals surface area contributed by atoms with E-state index in [1.165, 1.54) is 0 Å². The van der Waals surface area contributed by atoms with E-state index in [0.29, 0.717) is 6.42 Å². The van der Waals surface area contributed by atoms with Crippen molar-refractivity contribution >= 4 is 0 Å². The van der Waals surface area contributed by atoms with E-state index in [2.05, 4.69) is 18.0 Å². The van der Waals surface area contributed by atoms with Crippen molar-refractivity contribution in [2.24, 2.45) is 0 Å². The highest BCUT2D eigenvalue weighted by Gasteiger charge is 1.81. The van der Waals surface area contributed by atoms with E-state index in [1.54, 1.807) is 0 Å². The second-order valence-corrected chi connectivity index (χ2v) is 1.74. The second kappa shape index (κ2) is 7.19. The van der Waals surface area contributed by atoms with Crippen molar-refractivity contribution in [2.75, 3.05) is 13.1 Å². The summed E-state index contributed by atoms with van der Waals surface area (Å²) in [5, 5.41) is 11.2. The fourth-order valence-electron chi connectivity index (χ4n) is 0.473. The molecule has 0 bridgehead atoms. The van der Waals surface area contributed by atoms with Crippen molar-refractivity contribution in [3.05, 3.63) is 12.7 Å². The van der Waals surface area contributed by atoms with E-state index in [-0.39, 0.29) is 0 Å². The summed E-state index contributed by atoms with van der Waals surface area (Å²) in [6.07, 6.45) is 3.43. The minimum absolute atomic E-state index is 0.594. The first kappa shape index (κ1) is 8.19. The van der Waals surface area contributed by atoms with Gasteiger partial charge in [0.25, 0.3) is 0 Å². The largest absolute Gasteiger partial charge is 0.315 e. The zero-order chi connectivity index (χ0) is 6.95. The van der Waals surface area contributed by atoms with Gasteiger partial charge in [0.05, 0.1) is 6.07 Å². The highest BCUT2D eigenvalue weighted by Crippen LogP contribution is 1.75. The SMILES string of the molecule is C=CCCNCCC#N. The quantitative estimate of drug-likeness (QED) is 0.439. The molecular weight excluding hydrogens is 112 g/mol. The highest BCUT2D eigenvalue weighted by molar-refractivity contribution is 4.72. The van der Waals surface area contributed by atoms with Crippen LogP contribution in [0.2, 0.25) is 0 Å². The van der Waals surface area contributed by atoms with Gasteiger partial charge in [0.15, 0.2) is 0 Å². The van der Waals surface area contributed by atoms with E-state index in [0.717, 1.165) is 19.5 Å². The Kier molecular flexibility index (Phi) is 6.54. The monoisotopic (exact) mass is 124 g/mol. The normalized spacial score (nSPS) is 8.33. The van der Waals surface area contributed by atoms with Gasteiger partial charge in [-0.25, -0.2) is 0 Å². The van der Waals surface area contributed by atoms with Gasteiger partial charge in [-0.2, -0.15) is 5.26 Å². The fourth-order valence-corrected chi connectivity index (χ4v) is 0.473. The molecule has 0 radical (unpaired) electrons. The molecule has 2 nitrogen and oxygen atoms in total. The summed E-state index contributed by atoms with van der Waals surface area (Å²) in [5.41, 5.74) is 0. The Balaban J connectivity index is 2.76. The molecule has 0 amide bonds. The van der Waals surface area contributed by atoms with Gasteiger partial charge in [0.1, 0.15) is 0 Å². The van der Waals surface area contributed by atoms with Crippen LogP contribution < -0.4 is 5.32 Å². The molecule has 50 valence electrons. The highest BCUT2D eigenvalue weighted by atomic mass is 14.8. The summed E-state index contributed by atoms with van der Waals surface area (Å²) in [6.45, 7) is 5.31. The average molecular weight is 124 g/mol. The molecule has 0 fully saturated rings. The molecule has 0 spiro atoms. The number of nitrogens with one attached hydrogen (secondary N) is 1. The molecule has 0 aliphatic carbocycles. The molecule has 0 saturated heterocycles. The van der Waals surface area contributed by atoms with Crippen LogP contribution >= 0.6 is 0 Å². The van der Waals surface area contributed by atoms with Gasteiger partial charge in [-0.05, 0) is 13.0 Å². The van der Waals surface area contributed by atoms with Gasteiger partial charge in [-0.3, -0.25) is 0 Å². The molecule has 0 aliphatic heterocycles. The predicted molar refractivity (Wildman–Crippen MR) is 37.9 cm³/mol. The van der Waals surface area contributed by atoms with E-state index < -0.39 is 0 Å². The lowest BCUT2D eigenvalue weighted by Crippen LogP contribution is -2.15. The van der Waals surface area contributed by atoms with Crippen LogP contribution in [0.25, 0.3) is 0 Å². The average Bonchev–Trinajstić information content (AvgIpc) is 1.89. The van der Waals surface area contributed by atoms with Crippen molar-refractivity contribution in [3.8, 4) is 6.07 Å². The Labute approximate surface area is 56.2 Å². The lowest BCUT2D eigenvalue weighted by Gasteiger charge is -1.95. The van der Waals surface area contributed by atoms with Crippen LogP contribution in [0.5, 0.6) is 0 Å². The maximum atomic E-state index is 8.11. The number of nitriles is 1. The topological polar surface area (TPSA) is 35.8 Å². The van der Waals surface area contributed by atoms with Crippen molar-refractivity contribution < 1.29 is 0 Å². The summed E-state index contributed by atoms with van der Waals surface area (Å²) in [7, 11) is 0. The minimum Gasteiger partial charge on any atom is -0.315 e. The molecule has 2 heteroatoms. The second-order valence-electron chi connectivity index (χ2n) is 1.74. The first-order chi connectivity index (χ1) is 4.41. The van der Waals surface area contributed by atoms with E-state index in [4.69, 9.17) is 5.26 Å². The zero-order valence-electron chi connectivity index (χ0n) is 5.56. The Morgan fingerprint density at radius 1 is 1.56 bits per heavy atom. The van der Waals surface area contributed by atoms with E-state index in [1.807, 2.05) is 6.08 Å². The van der Waals surface area contributed by atoms with Crippen molar-refractivity contribution in [1.29, 1.82) is 5.26 Å². The molecule has 1 N–H and O–H groups in total. The third-order valence-corrected chi connectivity index (χ3v) is 0.939. The smallest absolute Gasteiger partial charge is 0.0635 e. The predicted octanol–water partition coefficient (Wildman–Crippen LogP) is 1.07. The van der Waals surface area contributed by atoms with Crippen LogP contribution in [0, 0.1) is 11.3 Å². The van der Waals surface area contributed by atoms with Crippen LogP contribution in [0.15, 0.2) is 12.7 Å². The molecular formula is C7H12N2. The van der Waals surface area contributed by atoms with Crippen molar-refractivity contribution in [3.63, 3.8) is 0 Å². The lowest BCUT2D eigenvalue weighted by molar-refractivity contribution is 0.701. The molecule has 0 aromatic carbocycles. The molecule has 0 aromatic rings. The molecule has 0 aliphatic rings. The number of rotatable bonds is 5. The molecule has 0 saturated carbocycles. The van der Waals surface area contributed by atoms with E-state index >= 15 is 0 Å². The minimum atomic E-state index is 0.594. The van der Waals surface area contributed by atoms with Crippen LogP contribution in [0.3, 0.4) is 0 Å². The van der Waals surface area contributed by atoms with Gasteiger partial charge in [-0.15, -0.1) is 6.58 Å². The molecule has 0 heterocycles. The number of hydrogen-bond acceptors (Lipinski definition) is 2. The first-order valence-corrected chi connectivity index (χ1v) is 3.10. The van der Waals surface area contributed by atoms with Crippen LogP contribution in [0.1, 0.15) is 12.8 Å². The standard InChI is InChI=1S/C7H12N2/c1-2-3-6-9-7-4-5-8/h2,9H,1,3-4,6-7H2. The maximum Gasteiger partial charge on any atom is 0.0635 e. The van der Waals surface area contributed by atoms with Gasteiger partial charge >= 0.3 is 0 Å². The van der Waals surface area contributed by atoms with Crippen LogP contribution in [-0.2, 0) is 0 Å². The summed E-state index contributed by atoms with van der Waals surface area (Å²) in [6, 6.07) is 2.06. The molecule has 9 heavy (non-hydrogen) atoms. The molecule has 0 rings (SSSR count). The van der Waals surface area contributed by atoms with Gasteiger partial charge in [0.2, 0.25) is 0 Å². The van der Waals surface area contributed by atoms with Crippen molar-refractivity contribution in [2.45, 2.75) is 12.8 Å². The molecule has 0 unspecified atom stereocenters. The van der Waals surface area contributed by atoms with Crippen LogP contribution in [-0.4, -0.2) is 13.1 Å².